The molecular formula is C103H144N4O16Si4. The maximum Gasteiger partial charge on any atom is 0.308 e. The average molecular weight is 1810 g/mol. The van der Waals surface area contributed by atoms with Crippen LogP contribution in [0.4, 0.5) is 0 Å². The Kier molecular flexibility index (Phi) is 47.6. The smallest absolute Gasteiger partial charge is 0.308 e. The molecule has 127 heavy (non-hydrogen) atoms. The summed E-state index contributed by atoms with van der Waals surface area (Å²) in [5, 5.41) is 65.9. The van der Waals surface area contributed by atoms with Crippen LogP contribution in [0.2, 0.25) is 13.1 Å². The molecule has 0 aliphatic heterocycles. The van der Waals surface area contributed by atoms with E-state index >= 15 is 0 Å². The molecule has 24 heteroatoms. The van der Waals surface area contributed by atoms with Gasteiger partial charge in [0.25, 0.3) is 0 Å². The number of carbonyl (C=O) groups is 3. The minimum atomic E-state index is -0.938. The second-order valence-electron chi connectivity index (χ2n) is 30.9. The van der Waals surface area contributed by atoms with E-state index in [1.807, 2.05) is 139 Å². The van der Waals surface area contributed by atoms with Gasteiger partial charge in [-0.1, -0.05) is 209 Å². The molecule has 0 spiro atoms. The summed E-state index contributed by atoms with van der Waals surface area (Å²) in [6.45, 7) is 38.2. The molecule has 4 aromatic carbocycles. The van der Waals surface area contributed by atoms with Crippen LogP contribution in [0, 0.1) is 65.8 Å². The first-order valence-corrected chi connectivity index (χ1v) is 51.9. The number of hydrogen-bond acceptors (Lipinski definition) is 18. The first kappa shape index (κ1) is 108. The summed E-state index contributed by atoms with van der Waals surface area (Å²) in [6, 6.07) is 33.7. The molecular weight excluding hydrogens is 1660 g/mol. The van der Waals surface area contributed by atoms with E-state index in [0.717, 1.165) is 121 Å². The van der Waals surface area contributed by atoms with Gasteiger partial charge in [0.1, 0.15) is 12.2 Å². The minimum Gasteiger partial charge on any atom is -0.618 e. The summed E-state index contributed by atoms with van der Waals surface area (Å²) < 4.78 is 39.9. The van der Waals surface area contributed by atoms with Crippen molar-refractivity contribution >= 4 is 92.8 Å². The highest BCUT2D eigenvalue weighted by Gasteiger charge is 2.32. The summed E-state index contributed by atoms with van der Waals surface area (Å²) in [5.74, 6) is -1.04. The molecule has 20 nitrogen and oxygen atoms in total. The van der Waals surface area contributed by atoms with Gasteiger partial charge in [-0.05, 0) is 174 Å². The Morgan fingerprint density at radius 2 is 0.709 bits per heavy atom. The van der Waals surface area contributed by atoms with Gasteiger partial charge in [0.05, 0.1) is 90.1 Å². The molecule has 688 valence electrons. The first-order valence-electron chi connectivity index (χ1n) is 45.3. The molecule has 4 aromatic heterocycles. The number of methoxy groups -OCH3 is 3. The molecule has 0 saturated carbocycles. The lowest BCUT2D eigenvalue weighted by atomic mass is 9.85. The van der Waals surface area contributed by atoms with Crippen LogP contribution in [0.15, 0.2) is 121 Å². The van der Waals surface area contributed by atoms with Gasteiger partial charge in [-0.2, -0.15) is 9.46 Å². The van der Waals surface area contributed by atoms with Gasteiger partial charge in [-0.3, -0.25) is 24.4 Å². The van der Waals surface area contributed by atoms with E-state index in [9.17, 15) is 45.2 Å². The Morgan fingerprint density at radius 3 is 1.03 bits per heavy atom. The van der Waals surface area contributed by atoms with Gasteiger partial charge in [0.2, 0.25) is 30.1 Å². The van der Waals surface area contributed by atoms with Crippen molar-refractivity contribution in [2.75, 3.05) is 21.3 Å². The van der Waals surface area contributed by atoms with Gasteiger partial charge < -0.3 is 62.8 Å². The van der Waals surface area contributed by atoms with Crippen molar-refractivity contribution < 1.29 is 76.2 Å². The highest BCUT2D eigenvalue weighted by Crippen LogP contribution is 2.36. The van der Waals surface area contributed by atoms with Crippen molar-refractivity contribution in [2.24, 2.45) is 0 Å². The van der Waals surface area contributed by atoms with E-state index in [-0.39, 0.29) is 71.4 Å². The van der Waals surface area contributed by atoms with Crippen LogP contribution in [-0.2, 0) is 97.7 Å². The van der Waals surface area contributed by atoms with Gasteiger partial charge in [-0.15, -0.1) is 0 Å². The molecule has 8 aromatic rings. The molecule has 4 heterocycles. The van der Waals surface area contributed by atoms with Crippen LogP contribution in [0.3, 0.4) is 0 Å². The number of ether oxygens (including phenoxy) is 3. The zero-order valence-corrected chi connectivity index (χ0v) is 84.9. The Balaban J connectivity index is 0.000000293. The van der Waals surface area contributed by atoms with E-state index < -0.39 is 59.3 Å². The predicted octanol–water partition coefficient (Wildman–Crippen LogP) is 14.9. The van der Waals surface area contributed by atoms with Gasteiger partial charge in [0.15, 0.2) is 30.9 Å². The Bertz CT molecular complexity index is 5050. The van der Waals surface area contributed by atoms with Crippen LogP contribution >= 0.6 is 0 Å². The van der Waals surface area contributed by atoms with E-state index in [1.165, 1.54) is 93.8 Å². The Labute approximate surface area is 766 Å². The molecule has 4 N–H and O–H groups in total. The fourth-order valence-corrected chi connectivity index (χ4v) is 18.8. The van der Waals surface area contributed by atoms with E-state index in [0.29, 0.717) is 49.9 Å². The van der Waals surface area contributed by atoms with E-state index in [4.69, 9.17) is 37.1 Å². The summed E-state index contributed by atoms with van der Waals surface area (Å²) >= 11 is 0. The van der Waals surface area contributed by atoms with Crippen LogP contribution < -0.4 is 9.46 Å². The third-order valence-electron chi connectivity index (χ3n) is 23.1. The van der Waals surface area contributed by atoms with Crippen molar-refractivity contribution in [3.63, 3.8) is 0 Å². The molecule has 12 rings (SSSR count). The van der Waals surface area contributed by atoms with Crippen LogP contribution in [0.25, 0.3) is 24.3 Å². The van der Waals surface area contributed by atoms with Crippen LogP contribution in [-0.4, -0.2) is 169 Å². The second-order valence-corrected chi connectivity index (χ2v) is 33.9. The number of hydrogen-bond donors (Lipinski definition) is 4. The van der Waals surface area contributed by atoms with Crippen molar-refractivity contribution in [2.45, 2.75) is 282 Å². The van der Waals surface area contributed by atoms with Crippen molar-refractivity contribution in [3.05, 3.63) is 289 Å². The zero-order valence-electron chi connectivity index (χ0n) is 79.7. The van der Waals surface area contributed by atoms with Crippen molar-refractivity contribution in [1.29, 1.82) is 0 Å². The topological polar surface area (TPSA) is 276 Å². The Morgan fingerprint density at radius 1 is 0.425 bits per heavy atom. The number of aliphatic hydroxyl groups is 4. The number of rotatable bonds is 31. The van der Waals surface area contributed by atoms with E-state index in [2.05, 4.69) is 142 Å². The van der Waals surface area contributed by atoms with Crippen LogP contribution in [0.5, 0.6) is 0 Å². The number of aromatic nitrogens is 4. The summed E-state index contributed by atoms with van der Waals surface area (Å²) in [5.41, 5.74) is 31.1. The molecule has 0 amide bonds. The minimum absolute atomic E-state index is 0.0788. The predicted molar refractivity (Wildman–Crippen MR) is 526 cm³/mol. The lowest BCUT2D eigenvalue weighted by Gasteiger charge is -2.24. The zero-order chi connectivity index (χ0) is 94.1. The molecule has 0 radical (unpaired) electrons. The third kappa shape index (κ3) is 30.8. The number of fused-ring (bicyclic) bond motifs is 8. The standard InChI is InChI=1S/C25H33NO5Si2.C25H33NO4Si2.C23H27NO4.C22H27NO3.4C2H6/c1-16-22(11-10-20(30-32-4)14-21(31-33-5)15-25(27)29-3)17(2)26(28)24-13-19-9-7-6-8-18(19)12-23(16)24;1-16-22(11-10-20(29-31-4)14-21(30-32-5)15-25(27)28-3)17(2)26-24-13-19-9-7-6-8-18(19)12-23(16)24;1-14-20(9-8-18(25)12-19(26)13-23(27)28-3)15(2)24-22-11-17-7-5-4-6-16(17)10-21(14)22;1-4-18(24)13-19(25)9-10-20-14(2)21-11-16-7-5-6-8-17(16)12-22(21)23(26)15(20)3;4*1-2/h6-11,20-21,32H,4,12-15,33H2,1-3,5H3;6-11,20-21,31H,4,12-15,32H2,1-3,5H3;4-9,18-19,25-26H,10-13H2,1-3H3;5-10,18-19,24-25H,4,11-13H2,1-3H3;4*1-2H3/b2*11-10+;9-8+;10-9+;;;;/t;;;18-,19+;;;;/m...0..../s1. The maximum atomic E-state index is 13.2. The largest absolute Gasteiger partial charge is 0.618 e. The number of pyridine rings is 4. The monoisotopic (exact) mass is 1800 g/mol. The number of aliphatic hydroxyl groups excluding tert-OH is 4. The second kappa shape index (κ2) is 56.0. The molecule has 4 aliphatic carbocycles. The molecule has 4 aliphatic rings. The van der Waals surface area contributed by atoms with Gasteiger partial charge >= 0.3 is 17.9 Å². The Hall–Kier alpha value is -9.58. The highest BCUT2D eigenvalue weighted by molar-refractivity contribution is 6.34. The highest BCUT2D eigenvalue weighted by atomic mass is 28.2. The summed E-state index contributed by atoms with van der Waals surface area (Å²) in [7, 11) is 1.89. The number of esters is 3. The maximum absolute atomic E-state index is 13.2. The lowest BCUT2D eigenvalue weighted by molar-refractivity contribution is -0.621. The number of nitrogens with zero attached hydrogens (tertiary/aromatic N) is 4. The van der Waals surface area contributed by atoms with Gasteiger partial charge in [0, 0.05) is 110 Å². The molecule has 8 atom stereocenters. The summed E-state index contributed by atoms with van der Waals surface area (Å²) in [4.78, 5) is 44.5. The van der Waals surface area contributed by atoms with Crippen LogP contribution in [0.1, 0.15) is 271 Å². The number of benzene rings is 4. The summed E-state index contributed by atoms with van der Waals surface area (Å²) in [6.07, 6.45) is 28.0. The molecule has 0 fully saturated rings. The fourth-order valence-electron chi connectivity index (χ4n) is 16.4. The number of carbonyl (C=O) groups excluding carboxylic acids is 3. The normalized spacial score (nSPS) is 14.2. The van der Waals surface area contributed by atoms with Crippen molar-refractivity contribution in [3.8, 4) is 0 Å². The molecule has 0 bridgehead atoms. The van der Waals surface area contributed by atoms with Crippen molar-refractivity contribution in [1.82, 2.24) is 9.97 Å². The SMILES string of the molecule is C=[SiH]OC(/C=C/c1c(C)c2c([n+]([O-])c1C)Cc1ccccc1C2)CC(CC(=O)OC)O[SiH2]C.C=[SiH]OC(/C=C/c1c(C)nc2c(c1C)Cc1ccccc1C2)CC(CC(=O)OC)O[SiH2]C.CC.CC.CC.CC.CC[C@H](O)C[C@H](O)/C=C/c1c(C)c2c([n+]([O-])c1C)Cc1ccccc1C2.COC(=O)CC(O)CC(O)/C=C/c1c(C)nc2c(c1C)Cc1ccccc1C2. The average Bonchev–Trinajstić information content (AvgIpc) is 0.768. The fraction of sp³-hybridized carbons (Fsp3) is 0.447. The van der Waals surface area contributed by atoms with Gasteiger partial charge in [-0.25, -0.2) is 0 Å². The number of aryl methyl sites for hydroxylation is 2. The molecule has 6 unspecified atom stereocenters. The quantitative estimate of drug-likeness (QED) is 0.0103. The third-order valence-corrected chi connectivity index (χ3v) is 25.8. The van der Waals surface area contributed by atoms with E-state index in [1.54, 1.807) is 12.2 Å². The lowest BCUT2D eigenvalue weighted by Crippen LogP contribution is -2.40. The molecule has 0 saturated heterocycles. The first-order chi connectivity index (χ1) is 61.2.